The van der Waals surface area contributed by atoms with Gasteiger partial charge in [-0.05, 0) is 44.0 Å². The van der Waals surface area contributed by atoms with Crippen LogP contribution in [0.4, 0.5) is 0 Å². The lowest BCUT2D eigenvalue weighted by Gasteiger charge is -2.28. The van der Waals surface area contributed by atoms with Gasteiger partial charge >= 0.3 is 0 Å². The number of nitrogens with zero attached hydrogens (tertiary/aromatic N) is 1. The van der Waals surface area contributed by atoms with Crippen molar-refractivity contribution in [3.8, 4) is 5.75 Å². The summed E-state index contributed by atoms with van der Waals surface area (Å²) in [4.78, 5) is 2.43. The highest BCUT2D eigenvalue weighted by atomic mass is 16.5. The molecule has 1 aromatic carbocycles. The van der Waals surface area contributed by atoms with Crippen molar-refractivity contribution in [2.45, 2.75) is 46.6 Å². The van der Waals surface area contributed by atoms with Crippen LogP contribution in [0.1, 0.15) is 39.2 Å². The number of hydrogen-bond acceptors (Lipinski definition) is 2. The molecule has 0 saturated heterocycles. The number of methoxy groups -OCH3 is 1. The molecule has 0 saturated carbocycles. The lowest BCUT2D eigenvalue weighted by Crippen LogP contribution is -2.43. The standard InChI is InChI=1S/C15H25BNO/c1-6-11-17(12(3)7-2)16-14-9-8-10-15(18-5)13(14)4/h8-10,12H,6-7,11H2,1-5H3. The highest BCUT2D eigenvalue weighted by Crippen LogP contribution is 2.14. The van der Waals surface area contributed by atoms with Crippen LogP contribution in [0.2, 0.25) is 0 Å². The molecule has 0 amide bonds. The van der Waals surface area contributed by atoms with Crippen molar-refractivity contribution >= 4 is 12.9 Å². The zero-order valence-corrected chi connectivity index (χ0v) is 12.4. The van der Waals surface area contributed by atoms with E-state index >= 15 is 0 Å². The van der Waals surface area contributed by atoms with Crippen LogP contribution >= 0.6 is 0 Å². The van der Waals surface area contributed by atoms with E-state index in [0.717, 1.165) is 12.3 Å². The van der Waals surface area contributed by atoms with Crippen LogP contribution < -0.4 is 10.2 Å². The second kappa shape index (κ2) is 7.47. The average Bonchev–Trinajstić information content (AvgIpc) is 2.39. The molecule has 1 aromatic rings. The molecule has 2 nitrogen and oxygen atoms in total. The number of hydrogen-bond donors (Lipinski definition) is 0. The molecular weight excluding hydrogens is 221 g/mol. The monoisotopic (exact) mass is 246 g/mol. The molecule has 99 valence electrons. The fraction of sp³-hybridized carbons (Fsp3) is 0.600. The van der Waals surface area contributed by atoms with E-state index < -0.39 is 0 Å². The Labute approximate surface area is 113 Å². The molecule has 0 fully saturated rings. The first-order valence-electron chi connectivity index (χ1n) is 6.88. The largest absolute Gasteiger partial charge is 0.497 e. The van der Waals surface area contributed by atoms with E-state index in [4.69, 9.17) is 4.74 Å². The van der Waals surface area contributed by atoms with E-state index in [-0.39, 0.29) is 0 Å². The zero-order chi connectivity index (χ0) is 13.5. The fourth-order valence-corrected chi connectivity index (χ4v) is 2.08. The summed E-state index contributed by atoms with van der Waals surface area (Å²) in [5.41, 5.74) is 2.47. The van der Waals surface area contributed by atoms with E-state index in [1.165, 1.54) is 23.9 Å². The molecule has 0 aliphatic carbocycles. The Bertz CT molecular complexity index is 368. The van der Waals surface area contributed by atoms with Crippen molar-refractivity contribution in [3.05, 3.63) is 23.8 Å². The van der Waals surface area contributed by atoms with Crippen LogP contribution in [-0.2, 0) is 0 Å². The molecule has 3 heteroatoms. The number of ether oxygens (including phenoxy) is 1. The third kappa shape index (κ3) is 3.77. The summed E-state index contributed by atoms with van der Waals surface area (Å²) < 4.78 is 5.38. The molecule has 18 heavy (non-hydrogen) atoms. The minimum Gasteiger partial charge on any atom is -0.497 e. The van der Waals surface area contributed by atoms with Gasteiger partial charge in [0, 0.05) is 0 Å². The van der Waals surface area contributed by atoms with Gasteiger partial charge in [0.1, 0.15) is 5.75 Å². The van der Waals surface area contributed by atoms with Gasteiger partial charge in [0.05, 0.1) is 7.11 Å². The molecule has 1 rings (SSSR count). The van der Waals surface area contributed by atoms with Crippen molar-refractivity contribution < 1.29 is 4.74 Å². The van der Waals surface area contributed by atoms with Crippen molar-refractivity contribution in [1.29, 1.82) is 0 Å². The van der Waals surface area contributed by atoms with Gasteiger partial charge in [0.15, 0.2) is 0 Å². The van der Waals surface area contributed by atoms with Crippen LogP contribution in [0.25, 0.3) is 0 Å². The Morgan fingerprint density at radius 2 is 2.06 bits per heavy atom. The van der Waals surface area contributed by atoms with Gasteiger partial charge in [-0.3, -0.25) is 0 Å². The molecule has 1 unspecified atom stereocenters. The van der Waals surface area contributed by atoms with Gasteiger partial charge in [-0.15, -0.1) is 0 Å². The van der Waals surface area contributed by atoms with Crippen molar-refractivity contribution in [1.82, 2.24) is 4.81 Å². The van der Waals surface area contributed by atoms with E-state index in [0.29, 0.717) is 6.04 Å². The first-order valence-corrected chi connectivity index (χ1v) is 6.88. The molecule has 0 N–H and O–H groups in total. The molecule has 0 spiro atoms. The number of rotatable bonds is 7. The van der Waals surface area contributed by atoms with Crippen LogP contribution in [0.15, 0.2) is 18.2 Å². The van der Waals surface area contributed by atoms with Gasteiger partial charge in [-0.1, -0.05) is 38.4 Å². The van der Waals surface area contributed by atoms with Gasteiger partial charge < -0.3 is 9.55 Å². The Morgan fingerprint density at radius 1 is 1.33 bits per heavy atom. The van der Waals surface area contributed by atoms with Gasteiger partial charge in [0.25, 0.3) is 0 Å². The van der Waals surface area contributed by atoms with Crippen LogP contribution in [0.3, 0.4) is 0 Å². The lowest BCUT2D eigenvalue weighted by atomic mass is 9.76. The highest BCUT2D eigenvalue weighted by Gasteiger charge is 2.15. The predicted molar refractivity (Wildman–Crippen MR) is 79.9 cm³/mol. The molecule has 0 heterocycles. The molecule has 0 aliphatic rings. The first kappa shape index (κ1) is 15.1. The SMILES string of the molecule is CCCN([B]c1cccc(OC)c1C)C(C)CC. The third-order valence-electron chi connectivity index (χ3n) is 3.49. The minimum absolute atomic E-state index is 0.579. The summed E-state index contributed by atoms with van der Waals surface area (Å²) in [7, 11) is 4.00. The predicted octanol–water partition coefficient (Wildman–Crippen LogP) is 2.76. The summed E-state index contributed by atoms with van der Waals surface area (Å²) in [6.45, 7) is 9.96. The summed E-state index contributed by atoms with van der Waals surface area (Å²) in [6.07, 6.45) is 2.34. The van der Waals surface area contributed by atoms with Crippen LogP contribution in [-0.4, -0.2) is 31.9 Å². The average molecular weight is 246 g/mol. The summed E-state index contributed by atoms with van der Waals surface area (Å²) in [5, 5.41) is 0. The topological polar surface area (TPSA) is 12.5 Å². The van der Waals surface area contributed by atoms with E-state index in [1.54, 1.807) is 7.11 Å². The summed E-state index contributed by atoms with van der Waals surface area (Å²) in [6, 6.07) is 6.80. The Balaban J connectivity index is 2.86. The molecule has 1 radical (unpaired) electrons. The van der Waals surface area contributed by atoms with Crippen molar-refractivity contribution in [2.75, 3.05) is 13.7 Å². The highest BCUT2D eigenvalue weighted by molar-refractivity contribution is 6.51. The maximum Gasteiger partial charge on any atom is 0.248 e. The normalized spacial score (nSPS) is 12.6. The minimum atomic E-state index is 0.579. The van der Waals surface area contributed by atoms with Gasteiger partial charge in [-0.2, -0.15) is 0 Å². The van der Waals surface area contributed by atoms with Gasteiger partial charge in [-0.25, -0.2) is 0 Å². The maximum atomic E-state index is 5.38. The summed E-state index contributed by atoms with van der Waals surface area (Å²) >= 11 is 0. The maximum absolute atomic E-state index is 5.38. The van der Waals surface area contributed by atoms with Crippen molar-refractivity contribution in [2.24, 2.45) is 0 Å². The smallest absolute Gasteiger partial charge is 0.248 e. The molecule has 0 aromatic heterocycles. The first-order chi connectivity index (χ1) is 8.63. The quantitative estimate of drug-likeness (QED) is 0.686. The van der Waals surface area contributed by atoms with Crippen LogP contribution in [0, 0.1) is 6.92 Å². The summed E-state index contributed by atoms with van der Waals surface area (Å²) in [5.74, 6) is 0.962. The molecule has 1 atom stereocenters. The second-order valence-electron chi connectivity index (χ2n) is 4.80. The Hall–Kier alpha value is -0.955. The van der Waals surface area contributed by atoms with E-state index in [9.17, 15) is 0 Å². The van der Waals surface area contributed by atoms with E-state index in [2.05, 4.69) is 52.1 Å². The molecular formula is C15H25BNO. The fourth-order valence-electron chi connectivity index (χ4n) is 2.08. The number of benzene rings is 1. The third-order valence-corrected chi connectivity index (χ3v) is 3.49. The Morgan fingerprint density at radius 3 is 2.61 bits per heavy atom. The zero-order valence-electron chi connectivity index (χ0n) is 12.4. The van der Waals surface area contributed by atoms with Crippen molar-refractivity contribution in [3.63, 3.8) is 0 Å². The van der Waals surface area contributed by atoms with Gasteiger partial charge in [0.2, 0.25) is 7.41 Å². The Kier molecular flexibility index (Phi) is 6.27. The molecule has 0 bridgehead atoms. The second-order valence-corrected chi connectivity index (χ2v) is 4.80. The molecule has 0 aliphatic heterocycles. The lowest BCUT2D eigenvalue weighted by molar-refractivity contribution is 0.345. The van der Waals surface area contributed by atoms with Crippen LogP contribution in [0.5, 0.6) is 5.75 Å². The van der Waals surface area contributed by atoms with E-state index in [1.807, 2.05) is 6.07 Å².